The van der Waals surface area contributed by atoms with Crippen molar-refractivity contribution in [3.8, 4) is 0 Å². The minimum atomic E-state index is -3.64. The third-order valence-corrected chi connectivity index (χ3v) is 6.65. The summed E-state index contributed by atoms with van der Waals surface area (Å²) >= 11 is 3.37. The van der Waals surface area contributed by atoms with E-state index in [9.17, 15) is 8.42 Å². The van der Waals surface area contributed by atoms with Gasteiger partial charge in [-0.15, -0.1) is 0 Å². The van der Waals surface area contributed by atoms with Gasteiger partial charge in [-0.05, 0) is 90.5 Å². The fraction of sp³-hybridized carbons (Fsp3) is 0.294. The van der Waals surface area contributed by atoms with Crippen molar-refractivity contribution in [2.45, 2.75) is 39.5 Å². The molecular weight excluding hydrogens is 362 g/mol. The van der Waals surface area contributed by atoms with Gasteiger partial charge in [0.2, 0.25) is 0 Å². The van der Waals surface area contributed by atoms with E-state index in [0.717, 1.165) is 32.3 Å². The molecule has 0 unspecified atom stereocenters. The Kier molecular flexibility index (Phi) is 4.68. The van der Waals surface area contributed by atoms with Gasteiger partial charge in [-0.3, -0.25) is 4.72 Å². The first kappa shape index (κ1) is 17.0. The van der Waals surface area contributed by atoms with E-state index in [1.165, 1.54) is 0 Å². The molecular formula is C17H20BrNO2S. The van der Waals surface area contributed by atoms with E-state index in [-0.39, 0.29) is 0 Å². The average Bonchev–Trinajstić information content (AvgIpc) is 2.45. The van der Waals surface area contributed by atoms with Crippen molar-refractivity contribution in [3.05, 3.63) is 56.6 Å². The monoisotopic (exact) mass is 381 g/mol. The SMILES string of the molecule is Cc1c(C)c(C)c(S(=O)(=O)Nc2ccccc2Br)c(C)c1C. The predicted molar refractivity (Wildman–Crippen MR) is 95.1 cm³/mol. The second-order valence-electron chi connectivity index (χ2n) is 5.54. The largest absolute Gasteiger partial charge is 0.278 e. The minimum Gasteiger partial charge on any atom is -0.278 e. The highest BCUT2D eigenvalue weighted by Crippen LogP contribution is 2.32. The van der Waals surface area contributed by atoms with Crippen LogP contribution in [-0.2, 0) is 10.0 Å². The van der Waals surface area contributed by atoms with Crippen molar-refractivity contribution in [1.82, 2.24) is 0 Å². The number of anilines is 1. The molecule has 0 atom stereocenters. The zero-order valence-electron chi connectivity index (χ0n) is 13.4. The van der Waals surface area contributed by atoms with Crippen molar-refractivity contribution in [2.24, 2.45) is 0 Å². The zero-order valence-corrected chi connectivity index (χ0v) is 15.8. The highest BCUT2D eigenvalue weighted by Gasteiger charge is 2.24. The first-order valence-corrected chi connectivity index (χ1v) is 9.28. The van der Waals surface area contributed by atoms with E-state index >= 15 is 0 Å². The molecule has 0 saturated carbocycles. The summed E-state index contributed by atoms with van der Waals surface area (Å²) in [6.45, 7) is 9.69. The molecule has 0 aliphatic carbocycles. The van der Waals surface area contributed by atoms with Gasteiger partial charge in [0.25, 0.3) is 10.0 Å². The van der Waals surface area contributed by atoms with Crippen LogP contribution in [0.2, 0.25) is 0 Å². The highest BCUT2D eigenvalue weighted by molar-refractivity contribution is 9.10. The second-order valence-corrected chi connectivity index (χ2v) is 8.01. The van der Waals surface area contributed by atoms with Gasteiger partial charge in [0.05, 0.1) is 10.6 Å². The Hall–Kier alpha value is -1.33. The maximum Gasteiger partial charge on any atom is 0.262 e. The Morgan fingerprint density at radius 1 is 0.818 bits per heavy atom. The summed E-state index contributed by atoms with van der Waals surface area (Å²) in [5.74, 6) is 0. The van der Waals surface area contributed by atoms with Crippen LogP contribution in [-0.4, -0.2) is 8.42 Å². The van der Waals surface area contributed by atoms with Gasteiger partial charge in [0.15, 0.2) is 0 Å². The summed E-state index contributed by atoms with van der Waals surface area (Å²) in [5, 5.41) is 0. The lowest BCUT2D eigenvalue weighted by atomic mass is 9.95. The van der Waals surface area contributed by atoms with Crippen molar-refractivity contribution < 1.29 is 8.42 Å². The van der Waals surface area contributed by atoms with Gasteiger partial charge < -0.3 is 0 Å². The molecule has 0 heterocycles. The molecule has 0 bridgehead atoms. The van der Waals surface area contributed by atoms with Crippen molar-refractivity contribution in [3.63, 3.8) is 0 Å². The van der Waals surface area contributed by atoms with Crippen molar-refractivity contribution in [1.29, 1.82) is 0 Å². The molecule has 3 nitrogen and oxygen atoms in total. The van der Waals surface area contributed by atoms with Gasteiger partial charge >= 0.3 is 0 Å². The van der Waals surface area contributed by atoms with Gasteiger partial charge in [-0.25, -0.2) is 8.42 Å². The van der Waals surface area contributed by atoms with Crippen LogP contribution < -0.4 is 4.72 Å². The summed E-state index contributed by atoms with van der Waals surface area (Å²) < 4.78 is 29.2. The lowest BCUT2D eigenvalue weighted by Gasteiger charge is -2.19. The summed E-state index contributed by atoms with van der Waals surface area (Å²) in [4.78, 5) is 0.379. The molecule has 0 aliphatic rings. The van der Waals surface area contributed by atoms with Crippen LogP contribution in [0.3, 0.4) is 0 Å². The number of sulfonamides is 1. The molecule has 2 aromatic rings. The van der Waals surface area contributed by atoms with Crippen molar-refractivity contribution in [2.75, 3.05) is 4.72 Å². The highest BCUT2D eigenvalue weighted by atomic mass is 79.9. The van der Waals surface area contributed by atoms with Crippen molar-refractivity contribution >= 4 is 31.6 Å². The van der Waals surface area contributed by atoms with Crippen LogP contribution in [0.1, 0.15) is 27.8 Å². The molecule has 0 amide bonds. The lowest BCUT2D eigenvalue weighted by molar-refractivity contribution is 0.599. The van der Waals surface area contributed by atoms with Gasteiger partial charge in [-0.1, -0.05) is 12.1 Å². The molecule has 22 heavy (non-hydrogen) atoms. The number of hydrogen-bond acceptors (Lipinski definition) is 2. The standard InChI is InChI=1S/C17H20BrNO2S/c1-10-11(2)13(4)17(14(5)12(10)3)22(20,21)19-16-9-7-6-8-15(16)18/h6-9,19H,1-5H3. The van der Waals surface area contributed by atoms with E-state index < -0.39 is 10.0 Å². The fourth-order valence-corrected chi connectivity index (χ4v) is 4.81. The summed E-state index contributed by atoms with van der Waals surface area (Å²) in [6, 6.07) is 7.19. The Morgan fingerprint density at radius 2 is 1.27 bits per heavy atom. The second kappa shape index (κ2) is 6.05. The molecule has 1 N–H and O–H groups in total. The van der Waals surface area contributed by atoms with Crippen LogP contribution in [0.4, 0.5) is 5.69 Å². The molecule has 118 valence electrons. The van der Waals surface area contributed by atoms with E-state index in [1.54, 1.807) is 12.1 Å². The minimum absolute atomic E-state index is 0.379. The normalized spacial score (nSPS) is 11.5. The van der Waals surface area contributed by atoms with Gasteiger partial charge in [0, 0.05) is 4.47 Å². The molecule has 0 fully saturated rings. The average molecular weight is 382 g/mol. The van der Waals surface area contributed by atoms with Gasteiger partial charge in [0.1, 0.15) is 0 Å². The molecule has 2 rings (SSSR count). The maximum atomic E-state index is 12.9. The number of hydrogen-bond donors (Lipinski definition) is 1. The van der Waals surface area contributed by atoms with Crippen LogP contribution in [0.5, 0.6) is 0 Å². The zero-order chi connectivity index (χ0) is 16.7. The summed E-state index contributed by atoms with van der Waals surface area (Å²) in [7, 11) is -3.64. The molecule has 0 radical (unpaired) electrons. The molecule has 0 saturated heterocycles. The summed E-state index contributed by atoms with van der Waals surface area (Å²) in [6.07, 6.45) is 0. The third-order valence-electron chi connectivity index (χ3n) is 4.32. The Balaban J connectivity index is 2.63. The molecule has 0 aliphatic heterocycles. The van der Waals surface area contributed by atoms with Crippen LogP contribution in [0.25, 0.3) is 0 Å². The quantitative estimate of drug-likeness (QED) is 0.830. The lowest BCUT2D eigenvalue weighted by Crippen LogP contribution is -2.18. The smallest absolute Gasteiger partial charge is 0.262 e. The van der Waals surface area contributed by atoms with E-state index in [1.807, 2.05) is 46.8 Å². The van der Waals surface area contributed by atoms with E-state index in [0.29, 0.717) is 10.6 Å². The fourth-order valence-electron chi connectivity index (χ4n) is 2.61. The van der Waals surface area contributed by atoms with Gasteiger partial charge in [-0.2, -0.15) is 0 Å². The molecule has 5 heteroatoms. The number of para-hydroxylation sites is 1. The van der Waals surface area contributed by atoms with Crippen LogP contribution >= 0.6 is 15.9 Å². The number of halogens is 1. The number of rotatable bonds is 3. The molecule has 0 spiro atoms. The van der Waals surface area contributed by atoms with Crippen LogP contribution in [0.15, 0.2) is 33.6 Å². The topological polar surface area (TPSA) is 46.2 Å². The predicted octanol–water partition coefficient (Wildman–Crippen LogP) is 4.79. The summed E-state index contributed by atoms with van der Waals surface area (Å²) in [5.41, 5.74) is 5.35. The molecule has 2 aromatic carbocycles. The van der Waals surface area contributed by atoms with E-state index in [2.05, 4.69) is 20.7 Å². The van der Waals surface area contributed by atoms with E-state index in [4.69, 9.17) is 0 Å². The van der Waals surface area contributed by atoms with Crippen LogP contribution in [0, 0.1) is 34.6 Å². The third kappa shape index (κ3) is 2.92. The first-order chi connectivity index (χ1) is 10.2. The number of benzene rings is 2. The first-order valence-electron chi connectivity index (χ1n) is 7.01. The molecule has 0 aromatic heterocycles. The Labute approximate surface area is 140 Å². The Bertz CT molecular complexity index is 813. The Morgan fingerprint density at radius 3 is 1.77 bits per heavy atom. The number of nitrogens with one attached hydrogen (secondary N) is 1. The maximum absolute atomic E-state index is 12.9.